The van der Waals surface area contributed by atoms with Crippen LogP contribution in [0.2, 0.25) is 5.02 Å². The van der Waals surface area contributed by atoms with Gasteiger partial charge in [0, 0.05) is 20.6 Å². The molecule has 0 aliphatic carbocycles. The summed E-state index contributed by atoms with van der Waals surface area (Å²) in [6.07, 6.45) is 1.55. The molecule has 0 bridgehead atoms. The summed E-state index contributed by atoms with van der Waals surface area (Å²) in [6, 6.07) is 20.0. The molecule has 0 saturated heterocycles. The van der Waals surface area contributed by atoms with Crippen molar-refractivity contribution in [3.8, 4) is 11.5 Å². The SMILES string of the molecule is CCOc1cc(/C=N\NC(=O)c2ccc(Br)cc2)ccc1OCc1ccccc1Cl. The molecule has 1 amide bonds. The first-order chi connectivity index (χ1) is 14.6. The van der Waals surface area contributed by atoms with E-state index >= 15 is 0 Å². The van der Waals surface area contributed by atoms with Crippen LogP contribution in [0.5, 0.6) is 11.5 Å². The van der Waals surface area contributed by atoms with E-state index < -0.39 is 0 Å². The molecule has 0 aliphatic rings. The maximum absolute atomic E-state index is 12.1. The van der Waals surface area contributed by atoms with Gasteiger partial charge in [-0.05, 0) is 61.0 Å². The molecule has 0 saturated carbocycles. The van der Waals surface area contributed by atoms with Gasteiger partial charge in [-0.15, -0.1) is 0 Å². The Morgan fingerprint density at radius 2 is 1.83 bits per heavy atom. The normalized spacial score (nSPS) is 10.8. The minimum Gasteiger partial charge on any atom is -0.490 e. The Labute approximate surface area is 188 Å². The van der Waals surface area contributed by atoms with Gasteiger partial charge in [-0.3, -0.25) is 4.79 Å². The summed E-state index contributed by atoms with van der Waals surface area (Å²) in [6.45, 7) is 2.72. The van der Waals surface area contributed by atoms with Crippen LogP contribution in [0.3, 0.4) is 0 Å². The Morgan fingerprint density at radius 1 is 1.07 bits per heavy atom. The highest BCUT2D eigenvalue weighted by molar-refractivity contribution is 9.10. The van der Waals surface area contributed by atoms with Crippen molar-refractivity contribution in [1.82, 2.24) is 5.43 Å². The van der Waals surface area contributed by atoms with E-state index in [2.05, 4.69) is 26.5 Å². The van der Waals surface area contributed by atoms with Crippen LogP contribution in [-0.2, 0) is 6.61 Å². The Bertz CT molecular complexity index is 1040. The number of carbonyl (C=O) groups is 1. The second-order valence-corrected chi connectivity index (χ2v) is 7.55. The zero-order valence-electron chi connectivity index (χ0n) is 16.3. The number of carbonyl (C=O) groups excluding carboxylic acids is 1. The number of amides is 1. The highest BCUT2D eigenvalue weighted by Crippen LogP contribution is 2.29. The molecule has 0 aromatic heterocycles. The zero-order valence-corrected chi connectivity index (χ0v) is 18.6. The van der Waals surface area contributed by atoms with Gasteiger partial charge in [0.1, 0.15) is 6.61 Å². The Kier molecular flexibility index (Phi) is 7.88. The molecular formula is C23H20BrClN2O3. The Hall–Kier alpha value is -2.83. The number of hydrazone groups is 1. The van der Waals surface area contributed by atoms with E-state index in [1.54, 1.807) is 42.6 Å². The predicted octanol–water partition coefficient (Wildman–Crippen LogP) is 5.84. The van der Waals surface area contributed by atoms with Crippen LogP contribution in [-0.4, -0.2) is 18.7 Å². The molecule has 0 heterocycles. The number of hydrogen-bond donors (Lipinski definition) is 1. The zero-order chi connectivity index (χ0) is 21.3. The van der Waals surface area contributed by atoms with E-state index in [1.165, 1.54) is 0 Å². The van der Waals surface area contributed by atoms with Gasteiger partial charge in [-0.2, -0.15) is 5.10 Å². The van der Waals surface area contributed by atoms with E-state index in [9.17, 15) is 4.79 Å². The molecule has 3 aromatic rings. The number of nitrogens with zero attached hydrogens (tertiary/aromatic N) is 1. The fraction of sp³-hybridized carbons (Fsp3) is 0.130. The number of nitrogens with one attached hydrogen (secondary N) is 1. The summed E-state index contributed by atoms with van der Waals surface area (Å²) in [7, 11) is 0. The molecule has 7 heteroatoms. The van der Waals surface area contributed by atoms with Crippen molar-refractivity contribution in [1.29, 1.82) is 0 Å². The van der Waals surface area contributed by atoms with Crippen LogP contribution < -0.4 is 14.9 Å². The summed E-state index contributed by atoms with van der Waals surface area (Å²) >= 11 is 9.53. The number of hydrogen-bond acceptors (Lipinski definition) is 4. The van der Waals surface area contributed by atoms with E-state index in [4.69, 9.17) is 21.1 Å². The number of halogens is 2. The number of ether oxygens (including phenoxy) is 2. The minimum absolute atomic E-state index is 0.288. The van der Waals surface area contributed by atoms with Gasteiger partial charge in [0.15, 0.2) is 11.5 Å². The van der Waals surface area contributed by atoms with E-state index in [0.29, 0.717) is 35.3 Å². The molecule has 3 aromatic carbocycles. The van der Waals surface area contributed by atoms with Crippen LogP contribution in [0.25, 0.3) is 0 Å². The molecule has 154 valence electrons. The lowest BCUT2D eigenvalue weighted by Gasteiger charge is -2.13. The minimum atomic E-state index is -0.288. The second kappa shape index (κ2) is 10.8. The van der Waals surface area contributed by atoms with Crippen molar-refractivity contribution >= 4 is 39.7 Å². The third-order valence-corrected chi connectivity index (χ3v) is 4.99. The van der Waals surface area contributed by atoms with Gasteiger partial charge in [-0.1, -0.05) is 45.7 Å². The molecule has 0 fully saturated rings. The van der Waals surface area contributed by atoms with E-state index in [1.807, 2.05) is 37.3 Å². The fourth-order valence-corrected chi connectivity index (χ4v) is 3.05. The lowest BCUT2D eigenvalue weighted by molar-refractivity contribution is 0.0955. The van der Waals surface area contributed by atoms with Crippen LogP contribution in [0.4, 0.5) is 0 Å². The monoisotopic (exact) mass is 486 g/mol. The third kappa shape index (κ3) is 6.08. The standard InChI is InChI=1S/C23H20BrClN2O3/c1-2-29-22-13-16(14-26-27-23(28)17-8-10-19(24)11-9-17)7-12-21(22)30-15-18-5-3-4-6-20(18)25/h3-14H,2,15H2,1H3,(H,27,28)/b26-14-. The molecule has 0 aliphatic heterocycles. The van der Waals surface area contributed by atoms with Gasteiger partial charge >= 0.3 is 0 Å². The van der Waals surface area contributed by atoms with Crippen molar-refractivity contribution in [3.05, 3.63) is 92.9 Å². The number of benzene rings is 3. The molecule has 5 nitrogen and oxygen atoms in total. The molecule has 3 rings (SSSR count). The maximum Gasteiger partial charge on any atom is 0.271 e. The van der Waals surface area contributed by atoms with Crippen molar-refractivity contribution in [2.75, 3.05) is 6.61 Å². The topological polar surface area (TPSA) is 59.9 Å². The van der Waals surface area contributed by atoms with Gasteiger partial charge < -0.3 is 9.47 Å². The van der Waals surface area contributed by atoms with Gasteiger partial charge in [0.2, 0.25) is 0 Å². The first-order valence-electron chi connectivity index (χ1n) is 9.29. The maximum atomic E-state index is 12.1. The van der Waals surface area contributed by atoms with Crippen LogP contribution in [0.1, 0.15) is 28.4 Å². The van der Waals surface area contributed by atoms with Gasteiger partial charge in [0.05, 0.1) is 12.8 Å². The lowest BCUT2D eigenvalue weighted by atomic mass is 10.2. The van der Waals surface area contributed by atoms with Crippen LogP contribution >= 0.6 is 27.5 Å². The molecule has 0 atom stereocenters. The third-order valence-electron chi connectivity index (χ3n) is 4.09. The number of rotatable bonds is 8. The van der Waals surface area contributed by atoms with E-state index in [0.717, 1.165) is 15.6 Å². The van der Waals surface area contributed by atoms with Crippen molar-refractivity contribution in [2.45, 2.75) is 13.5 Å². The lowest BCUT2D eigenvalue weighted by Crippen LogP contribution is -2.17. The average molecular weight is 488 g/mol. The summed E-state index contributed by atoms with van der Waals surface area (Å²) in [4.78, 5) is 12.1. The molecule has 30 heavy (non-hydrogen) atoms. The van der Waals surface area contributed by atoms with Crippen molar-refractivity contribution in [2.24, 2.45) is 5.10 Å². The largest absolute Gasteiger partial charge is 0.490 e. The smallest absolute Gasteiger partial charge is 0.271 e. The highest BCUT2D eigenvalue weighted by atomic mass is 79.9. The predicted molar refractivity (Wildman–Crippen MR) is 123 cm³/mol. The van der Waals surface area contributed by atoms with Crippen molar-refractivity contribution in [3.63, 3.8) is 0 Å². The Morgan fingerprint density at radius 3 is 2.57 bits per heavy atom. The first-order valence-corrected chi connectivity index (χ1v) is 10.5. The molecular weight excluding hydrogens is 468 g/mol. The van der Waals surface area contributed by atoms with Crippen LogP contribution in [0, 0.1) is 0 Å². The van der Waals surface area contributed by atoms with Crippen molar-refractivity contribution < 1.29 is 14.3 Å². The summed E-state index contributed by atoms with van der Waals surface area (Å²) in [5.74, 6) is 0.907. The molecule has 0 unspecified atom stereocenters. The summed E-state index contributed by atoms with van der Waals surface area (Å²) < 4.78 is 12.5. The van der Waals surface area contributed by atoms with Gasteiger partial charge in [0.25, 0.3) is 5.91 Å². The Balaban J connectivity index is 1.66. The molecule has 0 spiro atoms. The summed E-state index contributed by atoms with van der Waals surface area (Å²) in [5, 5.41) is 4.68. The quantitative estimate of drug-likeness (QED) is 0.320. The van der Waals surface area contributed by atoms with E-state index in [-0.39, 0.29) is 5.91 Å². The fourth-order valence-electron chi connectivity index (χ4n) is 2.59. The molecule has 1 N–H and O–H groups in total. The first kappa shape index (κ1) is 21.9. The average Bonchev–Trinajstić information content (AvgIpc) is 2.75. The van der Waals surface area contributed by atoms with Gasteiger partial charge in [-0.25, -0.2) is 5.43 Å². The van der Waals surface area contributed by atoms with Crippen LogP contribution in [0.15, 0.2) is 76.3 Å². The highest BCUT2D eigenvalue weighted by Gasteiger charge is 2.08. The summed E-state index contributed by atoms with van der Waals surface area (Å²) in [5.41, 5.74) is 4.69. The molecule has 0 radical (unpaired) electrons. The second-order valence-electron chi connectivity index (χ2n) is 6.23.